The fourth-order valence-corrected chi connectivity index (χ4v) is 2.11. The lowest BCUT2D eigenvalue weighted by Crippen LogP contribution is -2.59. The van der Waals surface area contributed by atoms with Crippen LogP contribution in [-0.2, 0) is 19.0 Å². The third-order valence-corrected chi connectivity index (χ3v) is 3.62. The van der Waals surface area contributed by atoms with Crippen molar-refractivity contribution in [1.29, 1.82) is 0 Å². The molecule has 1 heterocycles. The van der Waals surface area contributed by atoms with Crippen molar-refractivity contribution >= 4 is 5.97 Å². The molecule has 0 aromatic rings. The van der Waals surface area contributed by atoms with E-state index in [0.29, 0.717) is 12.8 Å². The number of aliphatic hydroxyl groups excluding tert-OH is 4. The highest BCUT2D eigenvalue weighted by Crippen LogP contribution is 2.22. The van der Waals surface area contributed by atoms with Gasteiger partial charge in [-0.1, -0.05) is 24.5 Å². The first-order valence-corrected chi connectivity index (χ1v) is 8.08. The van der Waals surface area contributed by atoms with Crippen LogP contribution in [0.3, 0.4) is 0 Å². The molecule has 1 fully saturated rings. The molecule has 0 aromatic carbocycles. The topological polar surface area (TPSA) is 126 Å². The third-order valence-electron chi connectivity index (χ3n) is 3.62. The average Bonchev–Trinajstić information content (AvgIpc) is 2.65. The molecule has 0 amide bonds. The predicted octanol–water partition coefficient (Wildman–Crippen LogP) is -1.29. The normalized spacial score (nSPS) is 28.7. The number of unbranched alkanes of at least 4 members (excludes halogenated alkanes) is 1. The fourth-order valence-electron chi connectivity index (χ4n) is 2.11. The van der Waals surface area contributed by atoms with Crippen LogP contribution in [0.1, 0.15) is 19.3 Å². The van der Waals surface area contributed by atoms with E-state index in [9.17, 15) is 20.1 Å². The van der Waals surface area contributed by atoms with Crippen molar-refractivity contribution in [3.63, 3.8) is 0 Å². The summed E-state index contributed by atoms with van der Waals surface area (Å²) in [5, 5.41) is 38.5. The number of carbonyl (C=O) groups excluding carboxylic acids is 1. The summed E-state index contributed by atoms with van der Waals surface area (Å²) in [6.07, 6.45) is -5.02. The van der Waals surface area contributed by atoms with Crippen molar-refractivity contribution in [2.24, 2.45) is 0 Å². The molecule has 6 atom stereocenters. The minimum Gasteiger partial charge on any atom is -0.469 e. The van der Waals surface area contributed by atoms with Crippen LogP contribution in [0.15, 0.2) is 12.7 Å². The van der Waals surface area contributed by atoms with Crippen molar-refractivity contribution in [1.82, 2.24) is 0 Å². The van der Waals surface area contributed by atoms with Crippen LogP contribution in [0.25, 0.3) is 0 Å². The molecule has 0 spiro atoms. The highest BCUT2D eigenvalue weighted by Gasteiger charge is 2.44. The van der Waals surface area contributed by atoms with E-state index in [0.717, 1.165) is 0 Å². The van der Waals surface area contributed by atoms with Crippen molar-refractivity contribution in [3.8, 4) is 23.7 Å². The summed E-state index contributed by atoms with van der Waals surface area (Å²) in [6.45, 7) is 3.01. The van der Waals surface area contributed by atoms with Crippen LogP contribution < -0.4 is 0 Å². The van der Waals surface area contributed by atoms with Crippen LogP contribution >= 0.6 is 0 Å². The largest absolute Gasteiger partial charge is 0.469 e. The van der Waals surface area contributed by atoms with Gasteiger partial charge in [-0.3, -0.25) is 4.79 Å². The van der Waals surface area contributed by atoms with Crippen molar-refractivity contribution in [2.75, 3.05) is 13.7 Å². The SMILES string of the molecule is C=C[C@H](C#CC#CCCCC(=O)OC)O[C@@H]1O[C@H](CO)[C@@H](O)[C@H](O)[C@H]1O. The van der Waals surface area contributed by atoms with Gasteiger partial charge in [0.05, 0.1) is 13.7 Å². The Bertz CT molecular complexity index is 579. The molecule has 0 saturated carbocycles. The first-order valence-electron chi connectivity index (χ1n) is 8.08. The lowest BCUT2D eigenvalue weighted by molar-refractivity contribution is -0.303. The highest BCUT2D eigenvalue weighted by atomic mass is 16.7. The summed E-state index contributed by atoms with van der Waals surface area (Å²) in [7, 11) is 1.32. The van der Waals surface area contributed by atoms with E-state index in [1.165, 1.54) is 13.2 Å². The number of esters is 1. The molecule has 8 heteroatoms. The molecular formula is C18H24O8. The molecule has 1 aliphatic rings. The Morgan fingerprint density at radius 1 is 1.27 bits per heavy atom. The van der Waals surface area contributed by atoms with Crippen LogP contribution in [0.5, 0.6) is 0 Å². The van der Waals surface area contributed by atoms with Crippen molar-refractivity contribution in [2.45, 2.75) is 56.1 Å². The maximum absolute atomic E-state index is 10.9. The minimum atomic E-state index is -1.53. The number of hydrogen-bond donors (Lipinski definition) is 4. The van der Waals surface area contributed by atoms with E-state index in [4.69, 9.17) is 14.6 Å². The molecule has 0 aliphatic carbocycles. The molecule has 0 unspecified atom stereocenters. The van der Waals surface area contributed by atoms with Crippen LogP contribution in [0.4, 0.5) is 0 Å². The van der Waals surface area contributed by atoms with Gasteiger partial charge < -0.3 is 34.6 Å². The van der Waals surface area contributed by atoms with E-state index >= 15 is 0 Å². The molecule has 0 bridgehead atoms. The Kier molecular flexibility index (Phi) is 9.92. The molecule has 26 heavy (non-hydrogen) atoms. The first kappa shape index (κ1) is 22.1. The molecule has 0 radical (unpaired) electrons. The summed E-state index contributed by atoms with van der Waals surface area (Å²) < 4.78 is 15.1. The van der Waals surface area contributed by atoms with Crippen molar-refractivity contribution in [3.05, 3.63) is 12.7 Å². The fraction of sp³-hybridized carbons (Fsp3) is 0.611. The Hall–Kier alpha value is -1.91. The van der Waals surface area contributed by atoms with Gasteiger partial charge in [0.15, 0.2) is 6.29 Å². The van der Waals surface area contributed by atoms with Gasteiger partial charge in [-0.2, -0.15) is 0 Å². The molecule has 8 nitrogen and oxygen atoms in total. The van der Waals surface area contributed by atoms with Gasteiger partial charge in [-0.25, -0.2) is 0 Å². The third kappa shape index (κ3) is 6.77. The lowest BCUT2D eigenvalue weighted by atomic mass is 9.99. The average molecular weight is 368 g/mol. The lowest BCUT2D eigenvalue weighted by Gasteiger charge is -2.40. The van der Waals surface area contributed by atoms with Gasteiger partial charge in [0.25, 0.3) is 0 Å². The van der Waals surface area contributed by atoms with Crippen LogP contribution in [0.2, 0.25) is 0 Å². The standard InChI is InChI=1S/C18H24O8/c1-3-12(9-7-5-4-6-8-10-14(20)24-2)25-18-17(23)16(22)15(21)13(11-19)26-18/h3,12-13,15-19,21-23H,1,6,8,10-11H2,2H3/t12-,13-,15-,16+,17-,18-/m1/s1. The number of aliphatic hydroxyl groups is 4. The molecule has 4 N–H and O–H groups in total. The van der Waals surface area contributed by atoms with E-state index in [-0.39, 0.29) is 12.4 Å². The van der Waals surface area contributed by atoms with Gasteiger partial charge in [0, 0.05) is 12.8 Å². The van der Waals surface area contributed by atoms with Gasteiger partial charge in [0.2, 0.25) is 0 Å². The number of ether oxygens (including phenoxy) is 3. The van der Waals surface area contributed by atoms with Gasteiger partial charge in [-0.15, -0.1) is 0 Å². The van der Waals surface area contributed by atoms with Gasteiger partial charge in [0.1, 0.15) is 30.5 Å². The van der Waals surface area contributed by atoms with E-state index in [1.54, 1.807) is 0 Å². The maximum atomic E-state index is 10.9. The monoisotopic (exact) mass is 368 g/mol. The second-order valence-corrected chi connectivity index (χ2v) is 5.49. The summed E-state index contributed by atoms with van der Waals surface area (Å²) in [4.78, 5) is 10.9. The van der Waals surface area contributed by atoms with Crippen LogP contribution in [-0.4, -0.2) is 76.9 Å². The summed E-state index contributed by atoms with van der Waals surface area (Å²) in [6, 6.07) is 0. The zero-order valence-corrected chi connectivity index (χ0v) is 14.5. The minimum absolute atomic E-state index is 0.286. The van der Waals surface area contributed by atoms with Crippen molar-refractivity contribution < 1.29 is 39.4 Å². The second kappa shape index (κ2) is 11.7. The van der Waals surface area contributed by atoms with E-state index < -0.39 is 43.4 Å². The molecule has 144 valence electrons. The van der Waals surface area contributed by atoms with E-state index in [1.807, 2.05) is 0 Å². The molecule has 1 aliphatic heterocycles. The number of methoxy groups -OCH3 is 1. The van der Waals surface area contributed by atoms with Crippen LogP contribution in [0, 0.1) is 23.7 Å². The second-order valence-electron chi connectivity index (χ2n) is 5.49. The zero-order valence-electron chi connectivity index (χ0n) is 14.5. The van der Waals surface area contributed by atoms with Gasteiger partial charge >= 0.3 is 5.97 Å². The zero-order chi connectivity index (χ0) is 19.5. The summed E-state index contributed by atoms with van der Waals surface area (Å²) in [5.74, 6) is 10.3. The molecule has 1 saturated heterocycles. The summed E-state index contributed by atoms with van der Waals surface area (Å²) in [5.41, 5.74) is 0. The van der Waals surface area contributed by atoms with E-state index in [2.05, 4.69) is 35.0 Å². The number of hydrogen-bond acceptors (Lipinski definition) is 8. The molecule has 1 rings (SSSR count). The Morgan fingerprint density at radius 3 is 2.62 bits per heavy atom. The predicted molar refractivity (Wildman–Crippen MR) is 90.3 cm³/mol. The Morgan fingerprint density at radius 2 is 2.00 bits per heavy atom. The number of rotatable bonds is 7. The highest BCUT2D eigenvalue weighted by molar-refractivity contribution is 5.69. The first-order chi connectivity index (χ1) is 12.4. The maximum Gasteiger partial charge on any atom is 0.305 e. The van der Waals surface area contributed by atoms with Gasteiger partial charge in [-0.05, 0) is 18.3 Å². The summed E-state index contributed by atoms with van der Waals surface area (Å²) >= 11 is 0. The Balaban J connectivity index is 2.55. The smallest absolute Gasteiger partial charge is 0.305 e. The number of carbonyl (C=O) groups is 1. The molecule has 0 aromatic heterocycles. The Labute approximate surface area is 152 Å². The quantitative estimate of drug-likeness (QED) is 0.189. The molecular weight excluding hydrogens is 344 g/mol.